The lowest BCUT2D eigenvalue weighted by atomic mass is 10.0. The van der Waals surface area contributed by atoms with Crippen LogP contribution in [0.25, 0.3) is 0 Å². The number of ether oxygens (including phenoxy) is 3. The average molecular weight is 438 g/mol. The smallest absolute Gasteiger partial charge is 0.407 e. The second kappa shape index (κ2) is 14.2. The maximum atomic E-state index is 12.0. The van der Waals surface area contributed by atoms with E-state index in [0.29, 0.717) is 19.4 Å². The first kappa shape index (κ1) is 27.1. The molecule has 0 saturated heterocycles. The Kier molecular flexibility index (Phi) is 12.4. The maximum absolute atomic E-state index is 12.0. The monoisotopic (exact) mass is 437 g/mol. The SMILES string of the molecule is CCCCCCCCOc1c(C)cc(CCC(CO)NC(=O)OC(C)(C)C)cc1OC. The van der Waals surface area contributed by atoms with Crippen LogP contribution in [0.5, 0.6) is 11.5 Å². The molecular weight excluding hydrogens is 394 g/mol. The number of nitrogens with one attached hydrogen (secondary N) is 1. The van der Waals surface area contributed by atoms with E-state index < -0.39 is 11.7 Å². The van der Waals surface area contributed by atoms with Crippen molar-refractivity contribution in [2.24, 2.45) is 0 Å². The van der Waals surface area contributed by atoms with Crippen LogP contribution in [-0.2, 0) is 11.2 Å². The Morgan fingerprint density at radius 2 is 1.81 bits per heavy atom. The number of hydrogen-bond donors (Lipinski definition) is 2. The van der Waals surface area contributed by atoms with Crippen molar-refractivity contribution < 1.29 is 24.1 Å². The van der Waals surface area contributed by atoms with Crippen molar-refractivity contribution in [3.05, 3.63) is 23.3 Å². The topological polar surface area (TPSA) is 77.0 Å². The first-order valence-electron chi connectivity index (χ1n) is 11.6. The zero-order valence-corrected chi connectivity index (χ0v) is 20.4. The highest BCUT2D eigenvalue weighted by Gasteiger charge is 2.19. The van der Waals surface area contributed by atoms with Crippen LogP contribution in [0.15, 0.2) is 12.1 Å². The summed E-state index contributed by atoms with van der Waals surface area (Å²) in [5.74, 6) is 1.52. The van der Waals surface area contributed by atoms with Crippen molar-refractivity contribution in [1.29, 1.82) is 0 Å². The third-order valence-electron chi connectivity index (χ3n) is 4.99. The van der Waals surface area contributed by atoms with Gasteiger partial charge in [0, 0.05) is 0 Å². The highest BCUT2D eigenvalue weighted by molar-refractivity contribution is 5.68. The number of unbranched alkanes of at least 4 members (excludes halogenated alkanes) is 5. The van der Waals surface area contributed by atoms with Gasteiger partial charge >= 0.3 is 6.09 Å². The van der Waals surface area contributed by atoms with Crippen molar-refractivity contribution >= 4 is 6.09 Å². The molecule has 0 fully saturated rings. The molecule has 0 aliphatic heterocycles. The van der Waals surface area contributed by atoms with Crippen molar-refractivity contribution in [1.82, 2.24) is 5.32 Å². The highest BCUT2D eigenvalue weighted by Crippen LogP contribution is 2.33. The number of methoxy groups -OCH3 is 1. The van der Waals surface area contributed by atoms with Crippen LogP contribution in [0.4, 0.5) is 4.79 Å². The summed E-state index contributed by atoms with van der Waals surface area (Å²) in [5.41, 5.74) is 1.53. The number of carbonyl (C=O) groups is 1. The summed E-state index contributed by atoms with van der Waals surface area (Å²) in [6.07, 6.45) is 8.12. The molecule has 0 bridgehead atoms. The number of alkyl carbamates (subject to hydrolysis) is 1. The summed E-state index contributed by atoms with van der Waals surface area (Å²) in [7, 11) is 1.65. The Hall–Kier alpha value is -1.95. The number of aliphatic hydroxyl groups excluding tert-OH is 1. The Morgan fingerprint density at radius 3 is 2.42 bits per heavy atom. The summed E-state index contributed by atoms with van der Waals surface area (Å²) in [5, 5.41) is 12.4. The largest absolute Gasteiger partial charge is 0.493 e. The van der Waals surface area contributed by atoms with Crippen LogP contribution in [0.2, 0.25) is 0 Å². The first-order valence-corrected chi connectivity index (χ1v) is 11.6. The van der Waals surface area contributed by atoms with E-state index >= 15 is 0 Å². The summed E-state index contributed by atoms with van der Waals surface area (Å²) in [6, 6.07) is 3.69. The molecule has 0 aliphatic rings. The molecular formula is C25H43NO5. The van der Waals surface area contributed by atoms with Gasteiger partial charge in [0.25, 0.3) is 0 Å². The first-order chi connectivity index (χ1) is 14.7. The Bertz CT molecular complexity index is 654. The van der Waals surface area contributed by atoms with E-state index in [9.17, 15) is 9.90 Å². The molecule has 6 heteroatoms. The van der Waals surface area contributed by atoms with E-state index in [-0.39, 0.29) is 12.6 Å². The van der Waals surface area contributed by atoms with Gasteiger partial charge in [-0.25, -0.2) is 4.79 Å². The average Bonchev–Trinajstić information content (AvgIpc) is 2.69. The van der Waals surface area contributed by atoms with Gasteiger partial charge in [-0.2, -0.15) is 0 Å². The van der Waals surface area contributed by atoms with Gasteiger partial charge in [0.2, 0.25) is 0 Å². The number of benzene rings is 1. The van der Waals surface area contributed by atoms with Crippen LogP contribution < -0.4 is 14.8 Å². The van der Waals surface area contributed by atoms with Gasteiger partial charge in [-0.15, -0.1) is 0 Å². The predicted molar refractivity (Wildman–Crippen MR) is 125 cm³/mol. The number of amides is 1. The van der Waals surface area contributed by atoms with E-state index in [2.05, 4.69) is 18.3 Å². The van der Waals surface area contributed by atoms with Crippen molar-refractivity contribution in [2.45, 2.75) is 97.6 Å². The minimum atomic E-state index is -0.570. The molecule has 0 saturated carbocycles. The van der Waals surface area contributed by atoms with Gasteiger partial charge in [0.05, 0.1) is 26.4 Å². The lowest BCUT2D eigenvalue weighted by Gasteiger charge is -2.23. The summed E-state index contributed by atoms with van der Waals surface area (Å²) >= 11 is 0. The van der Waals surface area contributed by atoms with E-state index in [0.717, 1.165) is 29.0 Å². The normalized spacial score (nSPS) is 12.4. The molecule has 31 heavy (non-hydrogen) atoms. The standard InChI is InChI=1S/C25H43NO5/c1-7-8-9-10-11-12-15-30-23-19(2)16-20(17-22(23)29-6)13-14-21(18-27)26-24(28)31-25(3,4)5/h16-17,21,27H,7-15,18H2,1-6H3,(H,26,28). The summed E-state index contributed by atoms with van der Waals surface area (Å²) in [4.78, 5) is 12.0. The van der Waals surface area contributed by atoms with Gasteiger partial charge in [-0.05, 0) is 64.2 Å². The van der Waals surface area contributed by atoms with Crippen LogP contribution in [0.3, 0.4) is 0 Å². The Balaban J connectivity index is 2.59. The van der Waals surface area contributed by atoms with Crippen LogP contribution in [-0.4, -0.2) is 43.2 Å². The third kappa shape index (κ3) is 11.3. The molecule has 0 spiro atoms. The molecule has 0 radical (unpaired) electrons. The fourth-order valence-electron chi connectivity index (χ4n) is 3.38. The molecule has 1 aromatic rings. The van der Waals surface area contributed by atoms with Gasteiger partial charge < -0.3 is 24.6 Å². The maximum Gasteiger partial charge on any atom is 0.407 e. The lowest BCUT2D eigenvalue weighted by Crippen LogP contribution is -2.41. The molecule has 1 aromatic carbocycles. The van der Waals surface area contributed by atoms with Crippen molar-refractivity contribution in [2.75, 3.05) is 20.3 Å². The Labute approximate surface area is 188 Å². The molecule has 1 atom stereocenters. The summed E-state index contributed by atoms with van der Waals surface area (Å²) < 4.78 is 16.9. The van der Waals surface area contributed by atoms with Crippen LogP contribution in [0.1, 0.15) is 83.8 Å². The predicted octanol–water partition coefficient (Wildman–Crippen LogP) is 5.56. The van der Waals surface area contributed by atoms with E-state index in [1.807, 2.05) is 33.8 Å². The van der Waals surface area contributed by atoms with Gasteiger partial charge in [-0.1, -0.05) is 45.1 Å². The van der Waals surface area contributed by atoms with Crippen LogP contribution >= 0.6 is 0 Å². The molecule has 0 aliphatic carbocycles. The van der Waals surface area contributed by atoms with E-state index in [1.165, 1.54) is 32.1 Å². The zero-order valence-electron chi connectivity index (χ0n) is 20.4. The second-order valence-electron chi connectivity index (χ2n) is 9.12. The van der Waals surface area contributed by atoms with E-state index in [4.69, 9.17) is 14.2 Å². The minimum Gasteiger partial charge on any atom is -0.493 e. The fourth-order valence-corrected chi connectivity index (χ4v) is 3.38. The quantitative estimate of drug-likeness (QED) is 0.373. The second-order valence-corrected chi connectivity index (χ2v) is 9.12. The molecule has 178 valence electrons. The molecule has 1 unspecified atom stereocenters. The van der Waals surface area contributed by atoms with Gasteiger partial charge in [0.1, 0.15) is 5.60 Å². The van der Waals surface area contributed by atoms with Crippen molar-refractivity contribution in [3.8, 4) is 11.5 Å². The Morgan fingerprint density at radius 1 is 1.13 bits per heavy atom. The third-order valence-corrected chi connectivity index (χ3v) is 4.99. The number of rotatable bonds is 14. The summed E-state index contributed by atoms with van der Waals surface area (Å²) in [6.45, 7) is 10.2. The van der Waals surface area contributed by atoms with Gasteiger partial charge in [0.15, 0.2) is 11.5 Å². The molecule has 1 amide bonds. The van der Waals surface area contributed by atoms with Crippen molar-refractivity contribution in [3.63, 3.8) is 0 Å². The number of carbonyl (C=O) groups excluding carboxylic acids is 1. The van der Waals surface area contributed by atoms with E-state index in [1.54, 1.807) is 7.11 Å². The molecule has 2 N–H and O–H groups in total. The van der Waals surface area contributed by atoms with Gasteiger partial charge in [-0.3, -0.25) is 0 Å². The molecule has 0 heterocycles. The fraction of sp³-hybridized carbons (Fsp3) is 0.720. The minimum absolute atomic E-state index is 0.144. The molecule has 0 aromatic heterocycles. The number of hydrogen-bond acceptors (Lipinski definition) is 5. The highest BCUT2D eigenvalue weighted by atomic mass is 16.6. The zero-order chi connectivity index (χ0) is 23.3. The molecule has 1 rings (SSSR count). The number of aliphatic hydroxyl groups is 1. The van der Waals surface area contributed by atoms with Crippen LogP contribution in [0, 0.1) is 6.92 Å². The molecule has 6 nitrogen and oxygen atoms in total. The lowest BCUT2D eigenvalue weighted by molar-refractivity contribution is 0.0479. The number of aryl methyl sites for hydroxylation is 2.